The number of hydrogen-bond acceptors (Lipinski definition) is 3. The molecule has 1 atom stereocenters. The van der Waals surface area contributed by atoms with Crippen LogP contribution in [0.2, 0.25) is 0 Å². The van der Waals surface area contributed by atoms with E-state index in [0.29, 0.717) is 17.7 Å². The van der Waals surface area contributed by atoms with Gasteiger partial charge in [-0.2, -0.15) is 0 Å². The molecule has 1 fully saturated rings. The van der Waals surface area contributed by atoms with E-state index in [1.807, 2.05) is 0 Å². The number of nitrogens with one attached hydrogen (secondary N) is 2. The van der Waals surface area contributed by atoms with Gasteiger partial charge in [0.15, 0.2) is 0 Å². The second kappa shape index (κ2) is 6.26. The van der Waals surface area contributed by atoms with Crippen LogP contribution in [-0.2, 0) is 15.0 Å². The number of hydrogen-bond donors (Lipinski definition) is 3. The first-order valence-electron chi connectivity index (χ1n) is 7.27. The Morgan fingerprint density at radius 1 is 1.33 bits per heavy atom. The number of benzene rings is 1. The maximum absolute atomic E-state index is 11.9. The summed E-state index contributed by atoms with van der Waals surface area (Å²) in [7, 11) is 0. The number of aliphatic carboxylic acids is 1. The van der Waals surface area contributed by atoms with Crippen LogP contribution < -0.4 is 10.6 Å². The minimum atomic E-state index is -0.934. The van der Waals surface area contributed by atoms with Crippen molar-refractivity contribution in [3.05, 3.63) is 29.8 Å². The summed E-state index contributed by atoms with van der Waals surface area (Å²) < 4.78 is 0. The van der Waals surface area contributed by atoms with Gasteiger partial charge in [-0.25, -0.2) is 0 Å². The van der Waals surface area contributed by atoms with Crippen molar-refractivity contribution in [3.63, 3.8) is 0 Å². The van der Waals surface area contributed by atoms with E-state index in [9.17, 15) is 14.7 Å². The molecule has 5 nitrogen and oxygen atoms in total. The lowest BCUT2D eigenvalue weighted by Gasteiger charge is -2.20. The molecular weight excluding hydrogens is 268 g/mol. The fraction of sp³-hybridized carbons (Fsp3) is 0.500. The van der Waals surface area contributed by atoms with Gasteiger partial charge < -0.3 is 15.7 Å². The summed E-state index contributed by atoms with van der Waals surface area (Å²) in [6.45, 7) is 4.31. The van der Waals surface area contributed by atoms with Crippen molar-refractivity contribution in [1.29, 1.82) is 0 Å². The summed E-state index contributed by atoms with van der Waals surface area (Å²) in [6.07, 6.45) is 2.64. The predicted molar refractivity (Wildman–Crippen MR) is 81.4 cm³/mol. The third kappa shape index (κ3) is 3.82. The van der Waals surface area contributed by atoms with Crippen molar-refractivity contribution in [2.24, 2.45) is 0 Å². The van der Waals surface area contributed by atoms with Crippen LogP contribution in [0.3, 0.4) is 0 Å². The van der Waals surface area contributed by atoms with Gasteiger partial charge in [0.25, 0.3) is 0 Å². The van der Waals surface area contributed by atoms with Gasteiger partial charge in [0, 0.05) is 18.2 Å². The molecule has 1 heterocycles. The predicted octanol–water partition coefficient (Wildman–Crippen LogP) is 2.13. The quantitative estimate of drug-likeness (QED) is 0.776. The average molecular weight is 290 g/mol. The number of anilines is 1. The Balaban J connectivity index is 1.96. The molecule has 0 bridgehead atoms. The van der Waals surface area contributed by atoms with E-state index in [2.05, 4.69) is 10.6 Å². The smallest absolute Gasteiger partial charge is 0.313 e. The molecule has 1 unspecified atom stereocenters. The van der Waals surface area contributed by atoms with Crippen molar-refractivity contribution >= 4 is 17.6 Å². The molecule has 3 N–H and O–H groups in total. The highest BCUT2D eigenvalue weighted by Crippen LogP contribution is 2.25. The Hall–Kier alpha value is -1.88. The molecule has 0 radical (unpaired) electrons. The summed E-state index contributed by atoms with van der Waals surface area (Å²) in [6, 6.07) is 7.27. The lowest BCUT2D eigenvalue weighted by Crippen LogP contribution is -2.28. The fourth-order valence-electron chi connectivity index (χ4n) is 2.46. The van der Waals surface area contributed by atoms with Crippen molar-refractivity contribution < 1.29 is 14.7 Å². The number of rotatable bonds is 5. The van der Waals surface area contributed by atoms with E-state index in [1.165, 1.54) is 0 Å². The minimum absolute atomic E-state index is 0.0142. The zero-order valence-corrected chi connectivity index (χ0v) is 12.5. The van der Waals surface area contributed by atoms with E-state index in [-0.39, 0.29) is 11.9 Å². The second-order valence-corrected chi connectivity index (χ2v) is 6.05. The molecule has 21 heavy (non-hydrogen) atoms. The van der Waals surface area contributed by atoms with Gasteiger partial charge in [0.05, 0.1) is 5.41 Å². The maximum Gasteiger partial charge on any atom is 0.313 e. The van der Waals surface area contributed by atoms with Gasteiger partial charge in [-0.15, -0.1) is 0 Å². The standard InChI is InChI=1S/C16H22N2O3/c1-16(2,15(20)21)11-5-7-12(8-6-11)18-14(19)10-13-4-3-9-17-13/h5-8,13,17H,3-4,9-10H2,1-2H3,(H,18,19)(H,20,21). The first kappa shape index (κ1) is 15.5. The van der Waals surface area contributed by atoms with E-state index >= 15 is 0 Å². The topological polar surface area (TPSA) is 78.4 Å². The number of carboxylic acid groups (broad SMARTS) is 1. The van der Waals surface area contributed by atoms with Crippen LogP contribution >= 0.6 is 0 Å². The highest BCUT2D eigenvalue weighted by atomic mass is 16.4. The van der Waals surface area contributed by atoms with Gasteiger partial charge in [0.1, 0.15) is 0 Å². The Kier molecular flexibility index (Phi) is 4.63. The number of amides is 1. The van der Waals surface area contributed by atoms with Gasteiger partial charge >= 0.3 is 5.97 Å². The number of carbonyl (C=O) groups excluding carboxylic acids is 1. The average Bonchev–Trinajstić information content (AvgIpc) is 2.91. The lowest BCUT2D eigenvalue weighted by atomic mass is 9.85. The van der Waals surface area contributed by atoms with Crippen molar-refractivity contribution in [1.82, 2.24) is 5.32 Å². The van der Waals surface area contributed by atoms with Gasteiger partial charge in [-0.3, -0.25) is 9.59 Å². The summed E-state index contributed by atoms with van der Waals surface area (Å²) in [5.74, 6) is -0.883. The van der Waals surface area contributed by atoms with Crippen LogP contribution in [-0.4, -0.2) is 29.6 Å². The summed E-state index contributed by atoms with van der Waals surface area (Å²) in [5, 5.41) is 15.3. The third-order valence-corrected chi connectivity index (χ3v) is 4.02. The monoisotopic (exact) mass is 290 g/mol. The molecule has 2 rings (SSSR count). The highest BCUT2D eigenvalue weighted by Gasteiger charge is 2.29. The molecule has 1 amide bonds. The molecule has 5 heteroatoms. The Morgan fingerprint density at radius 3 is 2.52 bits per heavy atom. The maximum atomic E-state index is 11.9. The normalized spacial score (nSPS) is 18.5. The van der Waals surface area contributed by atoms with E-state index < -0.39 is 11.4 Å². The van der Waals surface area contributed by atoms with Crippen LogP contribution in [0, 0.1) is 0 Å². The largest absolute Gasteiger partial charge is 0.481 e. The van der Waals surface area contributed by atoms with Crippen LogP contribution in [0.4, 0.5) is 5.69 Å². The molecule has 0 aliphatic carbocycles. The first-order valence-corrected chi connectivity index (χ1v) is 7.27. The second-order valence-electron chi connectivity index (χ2n) is 6.05. The van der Waals surface area contributed by atoms with Gasteiger partial charge in [-0.05, 0) is 50.9 Å². The van der Waals surface area contributed by atoms with Crippen LogP contribution in [0.15, 0.2) is 24.3 Å². The molecule has 1 aliphatic rings. The van der Waals surface area contributed by atoms with Gasteiger partial charge in [-0.1, -0.05) is 12.1 Å². The van der Waals surface area contributed by atoms with Crippen LogP contribution in [0.5, 0.6) is 0 Å². The minimum Gasteiger partial charge on any atom is -0.481 e. The molecule has 1 aromatic rings. The molecule has 1 aliphatic heterocycles. The number of carbonyl (C=O) groups is 2. The zero-order valence-electron chi connectivity index (χ0n) is 12.5. The molecule has 1 saturated heterocycles. The molecule has 114 valence electrons. The van der Waals surface area contributed by atoms with E-state index in [4.69, 9.17) is 0 Å². The van der Waals surface area contributed by atoms with Crippen molar-refractivity contribution in [3.8, 4) is 0 Å². The van der Waals surface area contributed by atoms with Crippen molar-refractivity contribution in [2.75, 3.05) is 11.9 Å². The Morgan fingerprint density at radius 2 is 2.00 bits per heavy atom. The fourth-order valence-corrected chi connectivity index (χ4v) is 2.46. The van der Waals surface area contributed by atoms with Crippen molar-refractivity contribution in [2.45, 2.75) is 44.6 Å². The van der Waals surface area contributed by atoms with E-state index in [0.717, 1.165) is 19.4 Å². The SMILES string of the molecule is CC(C)(C(=O)O)c1ccc(NC(=O)CC2CCCN2)cc1. The summed E-state index contributed by atoms with van der Waals surface area (Å²) in [5.41, 5.74) is 0.476. The first-order chi connectivity index (χ1) is 9.89. The van der Waals surface area contributed by atoms with E-state index in [1.54, 1.807) is 38.1 Å². The van der Waals surface area contributed by atoms with Crippen LogP contribution in [0.25, 0.3) is 0 Å². The molecule has 0 spiro atoms. The zero-order chi connectivity index (χ0) is 15.5. The molecule has 1 aromatic carbocycles. The Bertz CT molecular complexity index is 517. The summed E-state index contributed by atoms with van der Waals surface area (Å²) >= 11 is 0. The number of carboxylic acids is 1. The Labute approximate surface area is 124 Å². The highest BCUT2D eigenvalue weighted by molar-refractivity contribution is 5.91. The summed E-state index contributed by atoms with van der Waals surface area (Å²) in [4.78, 5) is 23.1. The molecule has 0 aromatic heterocycles. The molecule has 0 saturated carbocycles. The van der Waals surface area contributed by atoms with Crippen LogP contribution in [0.1, 0.15) is 38.7 Å². The third-order valence-electron chi connectivity index (χ3n) is 4.02. The molecular formula is C16H22N2O3. The van der Waals surface area contributed by atoms with Gasteiger partial charge in [0.2, 0.25) is 5.91 Å². The lowest BCUT2D eigenvalue weighted by molar-refractivity contribution is -0.142.